The van der Waals surface area contributed by atoms with Crippen molar-refractivity contribution >= 4 is 11.8 Å². The maximum Gasteiger partial charge on any atom is 0.436 e. The SMILES string of the molecule is CCc1c(C#CC(C)(C)C)c(C(F)(F)F)nn1CC(=O)N[C@@H](Cc1cc(F)cc(F)c1)c1ncccc1-c1ccc(F)c(C(N)=O)c1. The van der Waals surface area contributed by atoms with Crippen LogP contribution in [0.2, 0.25) is 0 Å². The van der Waals surface area contributed by atoms with Gasteiger partial charge < -0.3 is 11.1 Å². The monoisotopic (exact) mass is 655 g/mol. The largest absolute Gasteiger partial charge is 0.436 e. The number of nitrogens with zero attached hydrogens (tertiary/aromatic N) is 3. The number of nitrogens with two attached hydrogens (primary N) is 1. The molecule has 2 aromatic carbocycles. The van der Waals surface area contributed by atoms with Crippen molar-refractivity contribution in [2.24, 2.45) is 11.1 Å². The number of aromatic nitrogens is 3. The first-order chi connectivity index (χ1) is 22.0. The molecule has 246 valence electrons. The minimum Gasteiger partial charge on any atom is -0.366 e. The fourth-order valence-electron chi connectivity index (χ4n) is 4.94. The van der Waals surface area contributed by atoms with Crippen molar-refractivity contribution in [3.05, 3.63) is 106 Å². The van der Waals surface area contributed by atoms with E-state index >= 15 is 0 Å². The van der Waals surface area contributed by atoms with E-state index in [1.807, 2.05) is 0 Å². The molecular formula is C34H31F6N5O2. The van der Waals surface area contributed by atoms with Crippen molar-refractivity contribution in [1.82, 2.24) is 20.1 Å². The van der Waals surface area contributed by atoms with Gasteiger partial charge >= 0.3 is 6.18 Å². The first kappa shape index (κ1) is 34.7. The predicted octanol–water partition coefficient (Wildman–Crippen LogP) is 6.54. The van der Waals surface area contributed by atoms with Crippen LogP contribution >= 0.6 is 0 Å². The zero-order chi connectivity index (χ0) is 34.7. The van der Waals surface area contributed by atoms with Gasteiger partial charge in [-0.15, -0.1) is 0 Å². The lowest BCUT2D eigenvalue weighted by Gasteiger charge is -2.22. The molecule has 0 unspecified atom stereocenters. The Morgan fingerprint density at radius 3 is 2.30 bits per heavy atom. The van der Waals surface area contributed by atoms with Crippen LogP contribution in [0.25, 0.3) is 11.1 Å². The maximum absolute atomic E-state index is 14.3. The predicted molar refractivity (Wildman–Crippen MR) is 162 cm³/mol. The average molecular weight is 656 g/mol. The van der Waals surface area contributed by atoms with Crippen LogP contribution in [0.15, 0.2) is 54.7 Å². The summed E-state index contributed by atoms with van der Waals surface area (Å²) in [5, 5.41) is 6.43. The van der Waals surface area contributed by atoms with Crippen LogP contribution in [0.3, 0.4) is 0 Å². The highest BCUT2D eigenvalue weighted by molar-refractivity contribution is 5.94. The van der Waals surface area contributed by atoms with Crippen LogP contribution < -0.4 is 11.1 Å². The molecule has 0 spiro atoms. The Bertz CT molecular complexity index is 1860. The van der Waals surface area contributed by atoms with Crippen molar-refractivity contribution in [3.63, 3.8) is 0 Å². The molecule has 0 aliphatic heterocycles. The van der Waals surface area contributed by atoms with Crippen molar-refractivity contribution in [3.8, 4) is 23.0 Å². The van der Waals surface area contributed by atoms with E-state index in [1.54, 1.807) is 39.8 Å². The molecule has 0 saturated heterocycles. The molecule has 0 bridgehead atoms. The van der Waals surface area contributed by atoms with Crippen LogP contribution in [0, 0.1) is 34.7 Å². The molecule has 2 heterocycles. The Balaban J connectivity index is 1.78. The summed E-state index contributed by atoms with van der Waals surface area (Å²) in [6.45, 7) is 6.19. The summed E-state index contributed by atoms with van der Waals surface area (Å²) >= 11 is 0. The molecule has 1 atom stereocenters. The Labute approximate surface area is 267 Å². The lowest BCUT2D eigenvalue weighted by Crippen LogP contribution is -2.34. The molecule has 47 heavy (non-hydrogen) atoms. The van der Waals surface area contributed by atoms with Gasteiger partial charge in [0.2, 0.25) is 5.91 Å². The molecule has 0 fully saturated rings. The minimum absolute atomic E-state index is 0.0770. The number of carbonyl (C=O) groups is 2. The molecule has 2 aromatic heterocycles. The molecule has 2 amide bonds. The number of benzene rings is 2. The maximum atomic E-state index is 14.3. The summed E-state index contributed by atoms with van der Waals surface area (Å²) in [5.41, 5.74) is 3.77. The lowest BCUT2D eigenvalue weighted by atomic mass is 9.94. The molecule has 4 rings (SSSR count). The Morgan fingerprint density at radius 1 is 1.02 bits per heavy atom. The van der Waals surface area contributed by atoms with Gasteiger partial charge in [0.15, 0.2) is 5.69 Å². The second kappa shape index (κ2) is 13.7. The number of carbonyl (C=O) groups excluding carboxylic acids is 2. The van der Waals surface area contributed by atoms with Crippen molar-refractivity contribution in [1.29, 1.82) is 0 Å². The Kier molecular flexibility index (Phi) is 10.1. The van der Waals surface area contributed by atoms with E-state index in [0.29, 0.717) is 17.2 Å². The van der Waals surface area contributed by atoms with Gasteiger partial charge in [0.1, 0.15) is 24.0 Å². The minimum atomic E-state index is -4.85. The van der Waals surface area contributed by atoms with E-state index in [1.165, 1.54) is 18.3 Å². The van der Waals surface area contributed by atoms with Crippen molar-refractivity contribution < 1.29 is 35.9 Å². The van der Waals surface area contributed by atoms with E-state index in [2.05, 4.69) is 27.2 Å². The highest BCUT2D eigenvalue weighted by Gasteiger charge is 2.39. The van der Waals surface area contributed by atoms with E-state index in [-0.39, 0.29) is 35.4 Å². The van der Waals surface area contributed by atoms with Crippen molar-refractivity contribution in [2.45, 2.75) is 59.3 Å². The molecule has 0 radical (unpaired) electrons. The van der Waals surface area contributed by atoms with Crippen LogP contribution in [0.4, 0.5) is 26.3 Å². The standard InChI is InChI=1S/C34H31F6N5O2/c1-5-28-24(10-11-33(2,3)4)31(34(38,39)40)44-45(28)18-29(46)43-27(15-19-13-21(35)17-22(36)14-19)30-23(7-6-12-42-30)20-8-9-26(37)25(16-20)32(41)47/h6-9,12-14,16-17,27H,5,15,18H2,1-4H3,(H2,41,47)(H,43,46)/t27-/m0/s1. The van der Waals surface area contributed by atoms with Gasteiger partial charge in [-0.2, -0.15) is 18.3 Å². The van der Waals surface area contributed by atoms with Gasteiger partial charge in [0.05, 0.1) is 28.6 Å². The zero-order valence-corrected chi connectivity index (χ0v) is 25.9. The number of halogens is 6. The third-order valence-electron chi connectivity index (χ3n) is 6.93. The second-order valence-electron chi connectivity index (χ2n) is 11.8. The third-order valence-corrected chi connectivity index (χ3v) is 6.93. The average Bonchev–Trinajstić information content (AvgIpc) is 3.32. The Hall–Kier alpha value is -5.12. The van der Waals surface area contributed by atoms with Crippen LogP contribution in [0.5, 0.6) is 0 Å². The van der Waals surface area contributed by atoms with Gasteiger partial charge in [-0.3, -0.25) is 19.3 Å². The number of hydrogen-bond acceptors (Lipinski definition) is 4. The first-order valence-corrected chi connectivity index (χ1v) is 14.5. The topological polar surface area (TPSA) is 103 Å². The molecule has 4 aromatic rings. The van der Waals surface area contributed by atoms with Gasteiger partial charge in [-0.1, -0.05) is 30.9 Å². The van der Waals surface area contributed by atoms with Crippen LogP contribution in [0.1, 0.15) is 72.3 Å². The molecular weight excluding hydrogens is 624 g/mol. The fraction of sp³-hybridized carbons (Fsp3) is 0.294. The number of hydrogen-bond donors (Lipinski definition) is 2. The summed E-state index contributed by atoms with van der Waals surface area (Å²) in [6.07, 6.45) is -3.59. The smallest absolute Gasteiger partial charge is 0.366 e. The van der Waals surface area contributed by atoms with E-state index in [4.69, 9.17) is 5.73 Å². The number of amides is 2. The summed E-state index contributed by atoms with van der Waals surface area (Å²) in [6, 6.07) is 8.41. The molecule has 0 saturated carbocycles. The normalized spacial score (nSPS) is 12.3. The van der Waals surface area contributed by atoms with Crippen molar-refractivity contribution in [2.75, 3.05) is 0 Å². The zero-order valence-electron chi connectivity index (χ0n) is 25.9. The summed E-state index contributed by atoms with van der Waals surface area (Å²) in [5.74, 6) is 0.977. The van der Waals surface area contributed by atoms with E-state index < -0.39 is 64.7 Å². The highest BCUT2D eigenvalue weighted by atomic mass is 19.4. The number of pyridine rings is 1. The third kappa shape index (κ3) is 8.58. The van der Waals surface area contributed by atoms with Crippen LogP contribution in [-0.2, 0) is 30.4 Å². The summed E-state index contributed by atoms with van der Waals surface area (Å²) in [7, 11) is 0. The molecule has 0 aliphatic rings. The first-order valence-electron chi connectivity index (χ1n) is 14.5. The highest BCUT2D eigenvalue weighted by Crippen LogP contribution is 2.33. The number of primary amides is 1. The van der Waals surface area contributed by atoms with Crippen LogP contribution in [-0.4, -0.2) is 26.6 Å². The molecule has 7 nitrogen and oxygen atoms in total. The summed E-state index contributed by atoms with van der Waals surface area (Å²) < 4.78 is 85.6. The second-order valence-corrected chi connectivity index (χ2v) is 11.8. The van der Waals surface area contributed by atoms with E-state index in [0.717, 1.165) is 22.9 Å². The summed E-state index contributed by atoms with van der Waals surface area (Å²) in [4.78, 5) is 29.7. The number of nitrogens with one attached hydrogen (secondary N) is 1. The quantitative estimate of drug-likeness (QED) is 0.158. The molecule has 13 heteroatoms. The van der Waals surface area contributed by atoms with E-state index in [9.17, 15) is 35.9 Å². The Morgan fingerprint density at radius 2 is 1.70 bits per heavy atom. The van der Waals surface area contributed by atoms with Gasteiger partial charge in [0.25, 0.3) is 5.91 Å². The number of rotatable bonds is 9. The fourth-order valence-corrected chi connectivity index (χ4v) is 4.94. The van der Waals surface area contributed by atoms with Gasteiger partial charge in [-0.25, -0.2) is 13.2 Å². The number of alkyl halides is 3. The molecule has 3 N–H and O–H groups in total. The lowest BCUT2D eigenvalue weighted by molar-refractivity contribution is -0.142. The molecule has 0 aliphatic carbocycles. The van der Waals surface area contributed by atoms with Gasteiger partial charge in [0, 0.05) is 23.2 Å². The van der Waals surface area contributed by atoms with Gasteiger partial charge in [-0.05, 0) is 75.1 Å².